The van der Waals surface area contributed by atoms with Gasteiger partial charge in [-0.25, -0.2) is 4.98 Å². The number of halogens is 2. The van der Waals surface area contributed by atoms with Crippen LogP contribution in [0.3, 0.4) is 0 Å². The standard InChI is InChI=1S/C12H15Cl2N3O3/c1-7(18)16-3-2-9(15)12(19)20-6-8-4-10(13)17-11(14)5-8/h4-5,9H,2-3,6,15H2,1H3,(H,16,18)/t9-/m0/s1. The van der Waals surface area contributed by atoms with E-state index in [-0.39, 0.29) is 22.8 Å². The highest BCUT2D eigenvalue weighted by Crippen LogP contribution is 2.15. The van der Waals surface area contributed by atoms with Crippen LogP contribution in [0.25, 0.3) is 0 Å². The fourth-order valence-corrected chi connectivity index (χ4v) is 1.89. The van der Waals surface area contributed by atoms with Crippen molar-refractivity contribution in [1.29, 1.82) is 0 Å². The average molecular weight is 320 g/mol. The zero-order valence-electron chi connectivity index (χ0n) is 10.9. The Morgan fingerprint density at radius 3 is 2.55 bits per heavy atom. The van der Waals surface area contributed by atoms with Crippen LogP contribution in [0, 0.1) is 0 Å². The van der Waals surface area contributed by atoms with E-state index >= 15 is 0 Å². The molecule has 1 aromatic rings. The Balaban J connectivity index is 2.40. The number of nitrogens with one attached hydrogen (secondary N) is 1. The molecule has 0 aromatic carbocycles. The quantitative estimate of drug-likeness (QED) is 0.608. The molecule has 0 saturated carbocycles. The van der Waals surface area contributed by atoms with Crippen LogP contribution in [0.15, 0.2) is 12.1 Å². The zero-order valence-corrected chi connectivity index (χ0v) is 12.4. The lowest BCUT2D eigenvalue weighted by Gasteiger charge is -2.12. The number of nitrogens with zero attached hydrogens (tertiary/aromatic N) is 1. The Morgan fingerprint density at radius 2 is 2.00 bits per heavy atom. The molecule has 0 radical (unpaired) electrons. The lowest BCUT2D eigenvalue weighted by atomic mass is 10.2. The van der Waals surface area contributed by atoms with Crippen LogP contribution in [0.2, 0.25) is 10.3 Å². The first-order valence-electron chi connectivity index (χ1n) is 5.87. The summed E-state index contributed by atoms with van der Waals surface area (Å²) >= 11 is 11.5. The molecular formula is C12H15Cl2N3O3. The number of carbonyl (C=O) groups excluding carboxylic acids is 2. The number of rotatable bonds is 6. The van der Waals surface area contributed by atoms with Gasteiger partial charge in [-0.15, -0.1) is 0 Å². The number of hydrogen-bond donors (Lipinski definition) is 2. The Morgan fingerprint density at radius 1 is 1.40 bits per heavy atom. The summed E-state index contributed by atoms with van der Waals surface area (Å²) < 4.78 is 5.04. The fourth-order valence-electron chi connectivity index (χ4n) is 1.38. The second-order valence-corrected chi connectivity index (χ2v) is 4.88. The van der Waals surface area contributed by atoms with Crippen molar-refractivity contribution in [3.8, 4) is 0 Å². The van der Waals surface area contributed by atoms with E-state index in [1.54, 1.807) is 12.1 Å². The number of pyridine rings is 1. The molecule has 0 aliphatic rings. The topological polar surface area (TPSA) is 94.3 Å². The van der Waals surface area contributed by atoms with Gasteiger partial charge in [0.25, 0.3) is 0 Å². The van der Waals surface area contributed by atoms with Gasteiger partial charge >= 0.3 is 5.97 Å². The van der Waals surface area contributed by atoms with E-state index in [0.717, 1.165) is 0 Å². The molecule has 0 unspecified atom stereocenters. The molecule has 1 atom stereocenters. The number of aromatic nitrogens is 1. The summed E-state index contributed by atoms with van der Waals surface area (Å²) in [7, 11) is 0. The predicted octanol–water partition coefficient (Wildman–Crippen LogP) is 1.29. The van der Waals surface area contributed by atoms with E-state index < -0.39 is 12.0 Å². The van der Waals surface area contributed by atoms with Crippen molar-refractivity contribution in [2.45, 2.75) is 26.0 Å². The lowest BCUT2D eigenvalue weighted by molar-refractivity contribution is -0.146. The zero-order chi connectivity index (χ0) is 15.1. The second kappa shape index (κ2) is 8.04. The van der Waals surface area contributed by atoms with Crippen molar-refractivity contribution >= 4 is 35.1 Å². The molecule has 1 rings (SSSR count). The van der Waals surface area contributed by atoms with E-state index in [9.17, 15) is 9.59 Å². The first-order chi connectivity index (χ1) is 9.38. The number of hydrogen-bond acceptors (Lipinski definition) is 5. The third-order valence-electron chi connectivity index (χ3n) is 2.34. The normalized spacial score (nSPS) is 11.8. The molecule has 0 aliphatic heterocycles. The SMILES string of the molecule is CC(=O)NCC[C@H](N)C(=O)OCc1cc(Cl)nc(Cl)c1. The van der Waals surface area contributed by atoms with Crippen molar-refractivity contribution in [3.63, 3.8) is 0 Å². The largest absolute Gasteiger partial charge is 0.460 e. The summed E-state index contributed by atoms with van der Waals surface area (Å²) in [6, 6.07) is 2.29. The third-order valence-corrected chi connectivity index (χ3v) is 2.72. The second-order valence-electron chi connectivity index (χ2n) is 4.11. The fraction of sp³-hybridized carbons (Fsp3) is 0.417. The van der Waals surface area contributed by atoms with Crippen LogP contribution in [0.4, 0.5) is 0 Å². The minimum Gasteiger partial charge on any atom is -0.460 e. The molecule has 6 nitrogen and oxygen atoms in total. The molecule has 3 N–H and O–H groups in total. The number of nitrogens with two attached hydrogens (primary N) is 1. The molecule has 110 valence electrons. The molecule has 1 heterocycles. The Labute approximate surface area is 126 Å². The maximum absolute atomic E-state index is 11.6. The van der Waals surface area contributed by atoms with E-state index in [1.807, 2.05) is 0 Å². The Hall–Kier alpha value is -1.37. The molecule has 8 heteroatoms. The molecule has 1 amide bonds. The van der Waals surface area contributed by atoms with Gasteiger partial charge in [-0.2, -0.15) is 0 Å². The number of carbonyl (C=O) groups is 2. The molecule has 0 bridgehead atoms. The van der Waals surface area contributed by atoms with Crippen LogP contribution in [0.5, 0.6) is 0 Å². The Kier molecular flexibility index (Phi) is 6.70. The summed E-state index contributed by atoms with van der Waals surface area (Å²) in [6.07, 6.45) is 0.302. The van der Waals surface area contributed by atoms with Crippen molar-refractivity contribution in [2.75, 3.05) is 6.54 Å². The van der Waals surface area contributed by atoms with Crippen molar-refractivity contribution in [2.24, 2.45) is 5.73 Å². The van der Waals surface area contributed by atoms with E-state index in [1.165, 1.54) is 6.92 Å². The summed E-state index contributed by atoms with van der Waals surface area (Å²) in [5.41, 5.74) is 6.26. The molecule has 1 aromatic heterocycles. The van der Waals surface area contributed by atoms with E-state index in [4.69, 9.17) is 33.7 Å². The van der Waals surface area contributed by atoms with E-state index in [0.29, 0.717) is 18.5 Å². The first kappa shape index (κ1) is 16.7. The third kappa shape index (κ3) is 6.18. The lowest BCUT2D eigenvalue weighted by Crippen LogP contribution is -2.36. The minimum absolute atomic E-state index is 0.00856. The van der Waals surface area contributed by atoms with Crippen LogP contribution < -0.4 is 11.1 Å². The molecule has 0 spiro atoms. The van der Waals surface area contributed by atoms with Crippen LogP contribution in [-0.2, 0) is 20.9 Å². The van der Waals surface area contributed by atoms with Gasteiger partial charge in [-0.05, 0) is 24.1 Å². The van der Waals surface area contributed by atoms with Crippen LogP contribution >= 0.6 is 23.2 Å². The molecule has 20 heavy (non-hydrogen) atoms. The van der Waals surface area contributed by atoms with Gasteiger partial charge in [0.2, 0.25) is 5.91 Å². The predicted molar refractivity (Wildman–Crippen MR) is 75.3 cm³/mol. The smallest absolute Gasteiger partial charge is 0.323 e. The summed E-state index contributed by atoms with van der Waals surface area (Å²) in [4.78, 5) is 26.1. The van der Waals surface area contributed by atoms with Gasteiger partial charge in [0.05, 0.1) is 0 Å². The summed E-state index contributed by atoms with van der Waals surface area (Å²) in [6.45, 7) is 1.72. The Bertz CT molecular complexity index is 477. The maximum Gasteiger partial charge on any atom is 0.323 e. The average Bonchev–Trinajstić information content (AvgIpc) is 2.34. The van der Waals surface area contributed by atoms with Crippen LogP contribution in [0.1, 0.15) is 18.9 Å². The highest BCUT2D eigenvalue weighted by Gasteiger charge is 2.15. The maximum atomic E-state index is 11.6. The minimum atomic E-state index is -0.797. The van der Waals surface area contributed by atoms with Crippen molar-refractivity contribution in [3.05, 3.63) is 28.0 Å². The highest BCUT2D eigenvalue weighted by molar-refractivity contribution is 6.32. The molecule has 0 saturated heterocycles. The summed E-state index contributed by atoms with van der Waals surface area (Å²) in [5.74, 6) is -0.731. The highest BCUT2D eigenvalue weighted by atomic mass is 35.5. The molecule has 0 aliphatic carbocycles. The summed E-state index contributed by atoms with van der Waals surface area (Å²) in [5, 5.41) is 2.99. The van der Waals surface area contributed by atoms with Gasteiger partial charge < -0.3 is 15.8 Å². The number of amides is 1. The van der Waals surface area contributed by atoms with Crippen LogP contribution in [-0.4, -0.2) is 29.4 Å². The van der Waals surface area contributed by atoms with Crippen molar-refractivity contribution in [1.82, 2.24) is 10.3 Å². The van der Waals surface area contributed by atoms with Gasteiger partial charge in [0.1, 0.15) is 23.0 Å². The van der Waals surface area contributed by atoms with Gasteiger partial charge in [0, 0.05) is 13.5 Å². The molecular weight excluding hydrogens is 305 g/mol. The molecule has 0 fully saturated rings. The number of ether oxygens (including phenoxy) is 1. The van der Waals surface area contributed by atoms with Crippen molar-refractivity contribution < 1.29 is 14.3 Å². The first-order valence-corrected chi connectivity index (χ1v) is 6.62. The van der Waals surface area contributed by atoms with Gasteiger partial charge in [0.15, 0.2) is 0 Å². The van der Waals surface area contributed by atoms with E-state index in [2.05, 4.69) is 10.3 Å². The van der Waals surface area contributed by atoms with Gasteiger partial charge in [-0.3, -0.25) is 9.59 Å². The number of esters is 1. The monoisotopic (exact) mass is 319 g/mol. The van der Waals surface area contributed by atoms with Gasteiger partial charge in [-0.1, -0.05) is 23.2 Å².